The summed E-state index contributed by atoms with van der Waals surface area (Å²) in [5.74, 6) is 0.0752. The molecule has 0 spiro atoms. The van der Waals surface area contributed by atoms with Gasteiger partial charge in [-0.3, -0.25) is 14.9 Å². The number of nitrogens with zero attached hydrogens (tertiary/aromatic N) is 1. The van der Waals surface area contributed by atoms with Gasteiger partial charge >= 0.3 is 0 Å². The summed E-state index contributed by atoms with van der Waals surface area (Å²) in [4.78, 5) is 22.3. The predicted molar refractivity (Wildman–Crippen MR) is 125 cm³/mol. The van der Waals surface area contributed by atoms with Crippen LogP contribution in [0.15, 0.2) is 115 Å². The molecule has 0 radical (unpaired) electrons. The van der Waals surface area contributed by atoms with Crippen molar-refractivity contribution in [1.82, 2.24) is 0 Å². The number of ketones is 1. The number of carbonyl (C=O) groups excluding carboxylic acids is 1. The molecule has 31 heavy (non-hydrogen) atoms. The van der Waals surface area contributed by atoms with Crippen molar-refractivity contribution in [1.29, 1.82) is 0 Å². The number of carbonyl (C=O) groups is 1. The van der Waals surface area contributed by atoms with E-state index in [1.54, 1.807) is 24.3 Å². The fraction of sp³-hybridized carbons (Fsp3) is 0. The van der Waals surface area contributed by atoms with E-state index in [0.717, 1.165) is 16.7 Å². The number of hydrogen-bond donors (Lipinski definition) is 0. The van der Waals surface area contributed by atoms with Gasteiger partial charge in [-0.25, -0.2) is 0 Å². The van der Waals surface area contributed by atoms with Gasteiger partial charge in [0.05, 0.1) is 10.5 Å². The minimum atomic E-state index is -0.370. The van der Waals surface area contributed by atoms with Gasteiger partial charge in [-0.05, 0) is 17.7 Å². The van der Waals surface area contributed by atoms with E-state index in [-0.39, 0.29) is 16.4 Å². The number of para-hydroxylation sites is 1. The van der Waals surface area contributed by atoms with E-state index < -0.39 is 0 Å². The molecule has 4 rings (SSSR count). The van der Waals surface area contributed by atoms with Crippen LogP contribution in [0.3, 0.4) is 0 Å². The van der Waals surface area contributed by atoms with Crippen LogP contribution in [0, 0.1) is 10.1 Å². The Balaban J connectivity index is 0.000000179. The van der Waals surface area contributed by atoms with Crippen LogP contribution in [0.2, 0.25) is 0 Å². The Kier molecular flexibility index (Phi) is 7.61. The van der Waals surface area contributed by atoms with Crippen LogP contribution in [0.4, 0.5) is 5.69 Å². The summed E-state index contributed by atoms with van der Waals surface area (Å²) in [6.45, 7) is 0. The molecular weight excluding hydrogens is 386 g/mol. The van der Waals surface area contributed by atoms with Crippen molar-refractivity contribution in [3.8, 4) is 0 Å². The van der Waals surface area contributed by atoms with Crippen molar-refractivity contribution in [3.05, 3.63) is 148 Å². The highest BCUT2D eigenvalue weighted by Gasteiger charge is 2.09. The Labute approximate surface area is 181 Å². The second kappa shape index (κ2) is 11.0. The molecule has 0 unspecified atom stereocenters. The number of hydrogen-bond acceptors (Lipinski definition) is 3. The smallest absolute Gasteiger partial charge is 0.276 e. The third kappa shape index (κ3) is 6.34. The van der Waals surface area contributed by atoms with Crippen LogP contribution in [0.5, 0.6) is 0 Å². The lowest BCUT2D eigenvalue weighted by Gasteiger charge is -1.99. The molecular formula is C27H21NO3. The van der Waals surface area contributed by atoms with Gasteiger partial charge in [0.25, 0.3) is 5.69 Å². The predicted octanol–water partition coefficient (Wildman–Crippen LogP) is 6.68. The molecule has 0 aliphatic heterocycles. The van der Waals surface area contributed by atoms with Crippen LogP contribution in [0.1, 0.15) is 27.0 Å². The summed E-state index contributed by atoms with van der Waals surface area (Å²) in [7, 11) is 0. The van der Waals surface area contributed by atoms with Crippen molar-refractivity contribution in [2.45, 2.75) is 0 Å². The van der Waals surface area contributed by atoms with Gasteiger partial charge < -0.3 is 0 Å². The third-order valence-electron chi connectivity index (χ3n) is 4.46. The maximum atomic E-state index is 11.8. The molecule has 4 aromatic carbocycles. The van der Waals surface area contributed by atoms with Gasteiger partial charge in [0.2, 0.25) is 0 Å². The Morgan fingerprint density at radius 2 is 1.06 bits per heavy atom. The molecule has 0 atom stereocenters. The molecule has 4 aromatic rings. The second-order valence-electron chi connectivity index (χ2n) is 6.62. The van der Waals surface area contributed by atoms with Crippen LogP contribution in [-0.4, -0.2) is 10.7 Å². The van der Waals surface area contributed by atoms with Crippen LogP contribution in [0.25, 0.3) is 12.2 Å². The van der Waals surface area contributed by atoms with Gasteiger partial charge in [0, 0.05) is 17.2 Å². The summed E-state index contributed by atoms with van der Waals surface area (Å²) in [5, 5.41) is 10.8. The zero-order valence-electron chi connectivity index (χ0n) is 16.8. The van der Waals surface area contributed by atoms with E-state index in [1.165, 1.54) is 6.07 Å². The van der Waals surface area contributed by atoms with Crippen molar-refractivity contribution >= 4 is 23.6 Å². The number of nitro benzene ring substituents is 1. The zero-order valence-corrected chi connectivity index (χ0v) is 16.8. The van der Waals surface area contributed by atoms with Gasteiger partial charge in [-0.15, -0.1) is 0 Å². The largest absolute Gasteiger partial charge is 0.289 e. The maximum absolute atomic E-state index is 11.8. The van der Waals surface area contributed by atoms with Crippen LogP contribution < -0.4 is 0 Å². The standard InChI is InChI=1S/C14H11NO2.C13H10O/c16-15(17)14-9-5-4-8-13(14)11-10-12-6-2-1-3-7-12;14-13(11-7-3-1-4-8-11)12-9-5-2-6-10-12/h1-11H;1-10H. The van der Waals surface area contributed by atoms with Crippen molar-refractivity contribution in [2.75, 3.05) is 0 Å². The monoisotopic (exact) mass is 407 g/mol. The minimum Gasteiger partial charge on any atom is -0.289 e. The van der Waals surface area contributed by atoms with E-state index in [4.69, 9.17) is 0 Å². The van der Waals surface area contributed by atoms with Gasteiger partial charge in [-0.1, -0.05) is 109 Å². The average Bonchev–Trinajstić information content (AvgIpc) is 2.84. The summed E-state index contributed by atoms with van der Waals surface area (Å²) < 4.78 is 0. The van der Waals surface area contributed by atoms with Crippen LogP contribution >= 0.6 is 0 Å². The fourth-order valence-electron chi connectivity index (χ4n) is 2.89. The average molecular weight is 407 g/mol. The van der Waals surface area contributed by atoms with Crippen molar-refractivity contribution < 1.29 is 9.72 Å². The van der Waals surface area contributed by atoms with Gasteiger partial charge in [-0.2, -0.15) is 0 Å². The first-order valence-corrected chi connectivity index (χ1v) is 9.76. The molecule has 0 heterocycles. The molecule has 0 fully saturated rings. The fourth-order valence-corrected chi connectivity index (χ4v) is 2.89. The van der Waals surface area contributed by atoms with Crippen molar-refractivity contribution in [3.63, 3.8) is 0 Å². The van der Waals surface area contributed by atoms with Crippen molar-refractivity contribution in [2.24, 2.45) is 0 Å². The Hall–Kier alpha value is -4.31. The molecule has 4 heteroatoms. The normalized spacial score (nSPS) is 10.2. The van der Waals surface area contributed by atoms with Gasteiger partial charge in [0.15, 0.2) is 5.78 Å². The molecule has 0 bridgehead atoms. The summed E-state index contributed by atoms with van der Waals surface area (Å²) in [6.07, 6.45) is 3.62. The number of rotatable bonds is 5. The first kappa shape index (κ1) is 21.4. The van der Waals surface area contributed by atoms with E-state index in [1.807, 2.05) is 97.1 Å². The lowest BCUT2D eigenvalue weighted by molar-refractivity contribution is -0.385. The molecule has 0 saturated heterocycles. The summed E-state index contributed by atoms with van der Waals surface area (Å²) in [5.41, 5.74) is 3.23. The highest BCUT2D eigenvalue weighted by Crippen LogP contribution is 2.20. The van der Waals surface area contributed by atoms with E-state index in [0.29, 0.717) is 5.56 Å². The molecule has 0 amide bonds. The van der Waals surface area contributed by atoms with Crippen LogP contribution in [-0.2, 0) is 0 Å². The molecule has 0 aliphatic carbocycles. The third-order valence-corrected chi connectivity index (χ3v) is 4.46. The summed E-state index contributed by atoms with van der Waals surface area (Å²) >= 11 is 0. The quantitative estimate of drug-likeness (QED) is 0.160. The number of benzene rings is 4. The molecule has 4 nitrogen and oxygen atoms in total. The highest BCUT2D eigenvalue weighted by atomic mass is 16.6. The first-order chi connectivity index (χ1) is 15.1. The molecule has 0 N–H and O–H groups in total. The van der Waals surface area contributed by atoms with Gasteiger partial charge in [0.1, 0.15) is 0 Å². The number of nitro groups is 1. The lowest BCUT2D eigenvalue weighted by Crippen LogP contribution is -1.99. The molecule has 0 saturated carbocycles. The topological polar surface area (TPSA) is 60.2 Å². The second-order valence-corrected chi connectivity index (χ2v) is 6.62. The molecule has 152 valence electrons. The highest BCUT2D eigenvalue weighted by molar-refractivity contribution is 6.08. The van der Waals surface area contributed by atoms with E-state index in [9.17, 15) is 14.9 Å². The van der Waals surface area contributed by atoms with E-state index >= 15 is 0 Å². The van der Waals surface area contributed by atoms with E-state index in [2.05, 4.69) is 0 Å². The molecule has 0 aromatic heterocycles. The SMILES string of the molecule is O=C(c1ccccc1)c1ccccc1.O=[N+]([O-])c1ccccc1C=Cc1ccccc1. The first-order valence-electron chi connectivity index (χ1n) is 9.76. The summed E-state index contributed by atoms with van der Waals surface area (Å²) in [6, 6.07) is 35.0. The minimum absolute atomic E-state index is 0.0752. The lowest BCUT2D eigenvalue weighted by atomic mass is 10.0. The Morgan fingerprint density at radius 3 is 1.58 bits per heavy atom. The zero-order chi connectivity index (χ0) is 21.9. The Morgan fingerprint density at radius 1 is 0.613 bits per heavy atom. The maximum Gasteiger partial charge on any atom is 0.276 e. The Bertz CT molecular complexity index is 1110. The molecule has 0 aliphatic rings.